The second-order valence-corrected chi connectivity index (χ2v) is 7.31. The number of aryl methyl sites for hydroxylation is 1. The van der Waals surface area contributed by atoms with E-state index in [0.717, 1.165) is 89.9 Å². The fourth-order valence-electron chi connectivity index (χ4n) is 3.39. The summed E-state index contributed by atoms with van der Waals surface area (Å²) in [6.07, 6.45) is 5.77. The van der Waals surface area contributed by atoms with Gasteiger partial charge in [0.1, 0.15) is 5.76 Å². The molecule has 2 N–H and O–H groups in total. The molecule has 3 rings (SSSR count). The summed E-state index contributed by atoms with van der Waals surface area (Å²) in [7, 11) is 0. The maximum absolute atomic E-state index is 5.41. The molecule has 1 aliphatic heterocycles. The lowest BCUT2D eigenvalue weighted by atomic mass is 10.1. The predicted molar refractivity (Wildman–Crippen MR) is 117 cm³/mol. The molecule has 29 heavy (non-hydrogen) atoms. The first kappa shape index (κ1) is 21.4. The van der Waals surface area contributed by atoms with Crippen molar-refractivity contribution < 1.29 is 9.15 Å². The molecule has 6 heteroatoms. The van der Waals surface area contributed by atoms with Gasteiger partial charge in [0.2, 0.25) is 0 Å². The van der Waals surface area contributed by atoms with Gasteiger partial charge in [-0.15, -0.1) is 0 Å². The second-order valence-electron chi connectivity index (χ2n) is 7.31. The molecule has 0 amide bonds. The molecule has 1 aromatic carbocycles. The maximum atomic E-state index is 5.41. The summed E-state index contributed by atoms with van der Waals surface area (Å²) in [5.74, 6) is 1.89. The van der Waals surface area contributed by atoms with Crippen LogP contribution in [-0.4, -0.2) is 63.3 Å². The highest BCUT2D eigenvalue weighted by Gasteiger charge is 2.09. The number of hydrogen-bond acceptors (Lipinski definition) is 4. The molecule has 1 saturated heterocycles. The van der Waals surface area contributed by atoms with Gasteiger partial charge in [-0.05, 0) is 43.5 Å². The van der Waals surface area contributed by atoms with Crippen LogP contribution in [0.15, 0.2) is 58.1 Å². The van der Waals surface area contributed by atoms with Crippen LogP contribution in [-0.2, 0) is 17.6 Å². The Kier molecular flexibility index (Phi) is 9.60. The zero-order chi connectivity index (χ0) is 20.0. The third-order valence-electron chi connectivity index (χ3n) is 5.03. The van der Waals surface area contributed by atoms with E-state index >= 15 is 0 Å². The molecule has 1 aliphatic rings. The molecule has 2 heterocycles. The Hall–Kier alpha value is -2.31. The van der Waals surface area contributed by atoms with Gasteiger partial charge in [-0.25, -0.2) is 0 Å². The van der Waals surface area contributed by atoms with Crippen LogP contribution in [0.3, 0.4) is 0 Å². The molecule has 0 spiro atoms. The fourth-order valence-corrected chi connectivity index (χ4v) is 3.39. The molecule has 2 aromatic rings. The van der Waals surface area contributed by atoms with Crippen LogP contribution < -0.4 is 10.6 Å². The summed E-state index contributed by atoms with van der Waals surface area (Å²) in [5.41, 5.74) is 1.37. The summed E-state index contributed by atoms with van der Waals surface area (Å²) in [4.78, 5) is 7.24. The molecule has 6 nitrogen and oxygen atoms in total. The average Bonchev–Trinajstić information content (AvgIpc) is 3.29. The number of nitrogens with zero attached hydrogens (tertiary/aromatic N) is 2. The highest BCUT2D eigenvalue weighted by Crippen LogP contribution is 2.03. The minimum Gasteiger partial charge on any atom is -0.469 e. The van der Waals surface area contributed by atoms with E-state index in [-0.39, 0.29) is 0 Å². The molecule has 0 saturated carbocycles. The topological polar surface area (TPSA) is 62.0 Å². The van der Waals surface area contributed by atoms with Gasteiger partial charge in [0.15, 0.2) is 5.96 Å². The summed E-state index contributed by atoms with van der Waals surface area (Å²) in [6.45, 7) is 7.44. The SMILES string of the molecule is c1ccc(CCCN=C(NCCCN2CCOCC2)NCCc2ccco2)cc1. The van der Waals surface area contributed by atoms with Crippen molar-refractivity contribution in [1.29, 1.82) is 0 Å². The van der Waals surface area contributed by atoms with Crippen LogP contribution in [0, 0.1) is 0 Å². The molecule has 1 fully saturated rings. The Morgan fingerprint density at radius 3 is 2.55 bits per heavy atom. The molecule has 0 bridgehead atoms. The predicted octanol–water partition coefficient (Wildman–Crippen LogP) is 2.71. The first-order valence-electron chi connectivity index (χ1n) is 10.8. The van der Waals surface area contributed by atoms with Crippen molar-refractivity contribution in [3.05, 3.63) is 60.1 Å². The van der Waals surface area contributed by atoms with Gasteiger partial charge >= 0.3 is 0 Å². The Balaban J connectivity index is 1.38. The molecular formula is C23H34N4O2. The molecule has 158 valence electrons. The first-order valence-corrected chi connectivity index (χ1v) is 10.8. The van der Waals surface area contributed by atoms with E-state index in [1.165, 1.54) is 5.56 Å². The summed E-state index contributed by atoms with van der Waals surface area (Å²) in [6, 6.07) is 14.5. The smallest absolute Gasteiger partial charge is 0.191 e. The number of rotatable bonds is 11. The quantitative estimate of drug-likeness (QED) is 0.346. The number of nitrogens with one attached hydrogen (secondary N) is 2. The average molecular weight is 399 g/mol. The van der Waals surface area contributed by atoms with E-state index in [2.05, 4.69) is 45.9 Å². The van der Waals surface area contributed by atoms with Crippen LogP contribution in [0.4, 0.5) is 0 Å². The van der Waals surface area contributed by atoms with Gasteiger partial charge in [-0.1, -0.05) is 30.3 Å². The molecule has 0 atom stereocenters. The minimum atomic E-state index is 0.807. The number of ether oxygens (including phenoxy) is 1. The number of furan rings is 1. The summed E-state index contributed by atoms with van der Waals surface area (Å²) >= 11 is 0. The van der Waals surface area contributed by atoms with Gasteiger partial charge < -0.3 is 19.8 Å². The molecular weight excluding hydrogens is 364 g/mol. The van der Waals surface area contributed by atoms with Crippen LogP contribution in [0.2, 0.25) is 0 Å². The Labute approximate surface area is 174 Å². The number of hydrogen-bond donors (Lipinski definition) is 2. The van der Waals surface area contributed by atoms with Gasteiger partial charge in [0.25, 0.3) is 0 Å². The van der Waals surface area contributed by atoms with Crippen molar-refractivity contribution in [2.24, 2.45) is 4.99 Å². The van der Waals surface area contributed by atoms with Crippen LogP contribution in [0.5, 0.6) is 0 Å². The normalized spacial score (nSPS) is 15.4. The first-order chi connectivity index (χ1) is 14.4. The van der Waals surface area contributed by atoms with Crippen LogP contribution >= 0.6 is 0 Å². The summed E-state index contributed by atoms with van der Waals surface area (Å²) < 4.78 is 10.8. The second kappa shape index (κ2) is 13.0. The van der Waals surface area contributed by atoms with Crippen LogP contribution in [0.25, 0.3) is 0 Å². The molecule has 0 unspecified atom stereocenters. The molecule has 0 radical (unpaired) electrons. The molecule has 0 aliphatic carbocycles. The Morgan fingerprint density at radius 2 is 1.76 bits per heavy atom. The standard InChI is InChI=1S/C23H34N4O2/c1-2-7-21(8-3-1)9-4-12-24-23(26-14-11-22-10-5-18-29-22)25-13-6-15-27-16-19-28-20-17-27/h1-3,5,7-8,10,18H,4,6,9,11-17,19-20H2,(H2,24,25,26). The van der Waals surface area contributed by atoms with E-state index in [4.69, 9.17) is 14.1 Å². The highest BCUT2D eigenvalue weighted by molar-refractivity contribution is 5.79. The highest BCUT2D eigenvalue weighted by atomic mass is 16.5. The Morgan fingerprint density at radius 1 is 0.931 bits per heavy atom. The van der Waals surface area contributed by atoms with Crippen molar-refractivity contribution in [1.82, 2.24) is 15.5 Å². The third-order valence-corrected chi connectivity index (χ3v) is 5.03. The van der Waals surface area contributed by atoms with E-state index in [1.807, 2.05) is 12.1 Å². The van der Waals surface area contributed by atoms with Crippen LogP contribution in [0.1, 0.15) is 24.2 Å². The van der Waals surface area contributed by atoms with Crippen molar-refractivity contribution in [2.75, 3.05) is 52.5 Å². The van der Waals surface area contributed by atoms with Crippen molar-refractivity contribution in [3.63, 3.8) is 0 Å². The van der Waals surface area contributed by atoms with Crippen molar-refractivity contribution in [3.8, 4) is 0 Å². The van der Waals surface area contributed by atoms with E-state index < -0.39 is 0 Å². The fraction of sp³-hybridized carbons (Fsp3) is 0.522. The van der Waals surface area contributed by atoms with Gasteiger partial charge in [-0.3, -0.25) is 9.89 Å². The lowest BCUT2D eigenvalue weighted by Gasteiger charge is -2.26. The molecule has 1 aromatic heterocycles. The number of guanidine groups is 1. The van der Waals surface area contributed by atoms with Crippen molar-refractivity contribution in [2.45, 2.75) is 25.7 Å². The van der Waals surface area contributed by atoms with E-state index in [0.29, 0.717) is 0 Å². The third kappa shape index (κ3) is 8.71. The zero-order valence-electron chi connectivity index (χ0n) is 17.3. The minimum absolute atomic E-state index is 0.807. The Bertz CT molecular complexity index is 682. The lowest BCUT2D eigenvalue weighted by Crippen LogP contribution is -2.41. The van der Waals surface area contributed by atoms with Gasteiger partial charge in [-0.2, -0.15) is 0 Å². The lowest BCUT2D eigenvalue weighted by molar-refractivity contribution is 0.0376. The van der Waals surface area contributed by atoms with Crippen molar-refractivity contribution >= 4 is 5.96 Å². The number of benzene rings is 1. The maximum Gasteiger partial charge on any atom is 0.191 e. The van der Waals surface area contributed by atoms with E-state index in [1.54, 1.807) is 6.26 Å². The van der Waals surface area contributed by atoms with Gasteiger partial charge in [0, 0.05) is 39.1 Å². The van der Waals surface area contributed by atoms with E-state index in [9.17, 15) is 0 Å². The zero-order valence-corrected chi connectivity index (χ0v) is 17.3. The number of morpholine rings is 1. The number of aliphatic imine (C=N–C) groups is 1. The monoisotopic (exact) mass is 398 g/mol. The van der Waals surface area contributed by atoms with Gasteiger partial charge in [0.05, 0.1) is 19.5 Å². The largest absolute Gasteiger partial charge is 0.469 e. The summed E-state index contributed by atoms with van der Waals surface area (Å²) in [5, 5.41) is 6.93.